The number of quaternary nitrogens is 1. The number of likely N-dealkylation sites (tertiary alicyclic amines) is 1. The maximum Gasteiger partial charge on any atom is 0.224 e. The minimum absolute atomic E-state index is 0.122. The number of rotatable bonds is 6. The standard InChI is InChI=1S/C19H27N3O/c1-15-7-4-5-11-22(15)12-6-10-20-19(23)13-16-14-21-18-9-3-2-8-17(16)18/h2-3,8-9,14-15,21H,4-7,10-13H2,1H3,(H,20,23)/p+1/t15-/m0/s1. The fourth-order valence-electron chi connectivity index (χ4n) is 3.68. The molecule has 124 valence electrons. The molecule has 3 rings (SSSR count). The summed E-state index contributed by atoms with van der Waals surface area (Å²) < 4.78 is 0. The third kappa shape index (κ3) is 4.14. The van der Waals surface area contributed by atoms with Gasteiger partial charge >= 0.3 is 0 Å². The number of amides is 1. The first-order valence-electron chi connectivity index (χ1n) is 8.90. The van der Waals surface area contributed by atoms with Crippen molar-refractivity contribution in [2.24, 2.45) is 0 Å². The Morgan fingerprint density at radius 1 is 1.35 bits per heavy atom. The molecule has 4 heteroatoms. The van der Waals surface area contributed by atoms with Gasteiger partial charge in [0.05, 0.1) is 25.6 Å². The molecular weight excluding hydrogens is 286 g/mol. The maximum atomic E-state index is 12.1. The Labute approximate surface area is 138 Å². The van der Waals surface area contributed by atoms with Gasteiger partial charge in [-0.05, 0) is 37.8 Å². The first kappa shape index (κ1) is 16.1. The molecular formula is C19H28N3O+. The Bertz CT molecular complexity index is 649. The first-order valence-corrected chi connectivity index (χ1v) is 8.90. The predicted octanol–water partition coefficient (Wildman–Crippen LogP) is 1.67. The van der Waals surface area contributed by atoms with Crippen LogP contribution in [0.4, 0.5) is 0 Å². The van der Waals surface area contributed by atoms with Crippen molar-refractivity contribution in [3.05, 3.63) is 36.0 Å². The van der Waals surface area contributed by atoms with Gasteiger partial charge in [-0.25, -0.2) is 0 Å². The normalized spacial score (nSPS) is 21.4. The van der Waals surface area contributed by atoms with Crippen LogP contribution in [0.3, 0.4) is 0 Å². The van der Waals surface area contributed by atoms with Gasteiger partial charge in [-0.2, -0.15) is 0 Å². The smallest absolute Gasteiger partial charge is 0.224 e. The largest absolute Gasteiger partial charge is 0.361 e. The van der Waals surface area contributed by atoms with Crippen LogP contribution in [0.2, 0.25) is 0 Å². The van der Waals surface area contributed by atoms with Crippen LogP contribution in [-0.4, -0.2) is 36.6 Å². The molecule has 2 atom stereocenters. The van der Waals surface area contributed by atoms with Crippen molar-refractivity contribution < 1.29 is 9.69 Å². The second-order valence-electron chi connectivity index (χ2n) is 6.79. The van der Waals surface area contributed by atoms with Crippen molar-refractivity contribution >= 4 is 16.8 Å². The molecule has 1 aromatic heterocycles. The van der Waals surface area contributed by atoms with Crippen LogP contribution < -0.4 is 10.2 Å². The minimum Gasteiger partial charge on any atom is -0.361 e. The summed E-state index contributed by atoms with van der Waals surface area (Å²) in [6.45, 7) is 5.61. The van der Waals surface area contributed by atoms with E-state index >= 15 is 0 Å². The molecule has 0 spiro atoms. The molecule has 1 amide bonds. The van der Waals surface area contributed by atoms with Crippen molar-refractivity contribution in [2.75, 3.05) is 19.6 Å². The van der Waals surface area contributed by atoms with Gasteiger partial charge in [0.25, 0.3) is 0 Å². The van der Waals surface area contributed by atoms with Gasteiger partial charge in [-0.15, -0.1) is 0 Å². The lowest BCUT2D eigenvalue weighted by Crippen LogP contribution is -3.16. The van der Waals surface area contributed by atoms with Gasteiger partial charge in [-0.3, -0.25) is 4.79 Å². The van der Waals surface area contributed by atoms with Crippen molar-refractivity contribution in [3.8, 4) is 0 Å². The van der Waals surface area contributed by atoms with Gasteiger partial charge in [0.1, 0.15) is 0 Å². The second-order valence-corrected chi connectivity index (χ2v) is 6.79. The monoisotopic (exact) mass is 314 g/mol. The molecule has 0 radical (unpaired) electrons. The fraction of sp³-hybridized carbons (Fsp3) is 0.526. The van der Waals surface area contributed by atoms with Crippen LogP contribution in [0.1, 0.15) is 38.2 Å². The lowest BCUT2D eigenvalue weighted by Gasteiger charge is -2.30. The number of carbonyl (C=O) groups is 1. The lowest BCUT2D eigenvalue weighted by molar-refractivity contribution is -0.928. The number of aromatic amines is 1. The SMILES string of the molecule is C[C@H]1CCCC[NH+]1CCCNC(=O)Cc1c[nH]c2ccccc12. The van der Waals surface area contributed by atoms with Crippen LogP contribution in [0.15, 0.2) is 30.5 Å². The number of hydrogen-bond acceptors (Lipinski definition) is 1. The average Bonchev–Trinajstić information content (AvgIpc) is 2.96. The summed E-state index contributed by atoms with van der Waals surface area (Å²) in [5.41, 5.74) is 2.17. The van der Waals surface area contributed by atoms with Gasteiger partial charge in [-0.1, -0.05) is 18.2 Å². The number of aromatic nitrogens is 1. The number of piperidine rings is 1. The maximum absolute atomic E-state index is 12.1. The van der Waals surface area contributed by atoms with E-state index in [0.29, 0.717) is 6.42 Å². The summed E-state index contributed by atoms with van der Waals surface area (Å²) in [4.78, 5) is 17.1. The average molecular weight is 314 g/mol. The zero-order valence-corrected chi connectivity index (χ0v) is 14.0. The number of carbonyl (C=O) groups excluding carboxylic acids is 1. The number of benzene rings is 1. The third-order valence-corrected chi connectivity index (χ3v) is 5.10. The summed E-state index contributed by atoms with van der Waals surface area (Å²) in [6, 6.07) is 8.91. The van der Waals surface area contributed by atoms with Gasteiger partial charge < -0.3 is 15.2 Å². The zero-order valence-electron chi connectivity index (χ0n) is 14.0. The molecule has 1 fully saturated rings. The highest BCUT2D eigenvalue weighted by atomic mass is 16.1. The molecule has 1 saturated heterocycles. The van der Waals surface area contributed by atoms with Gasteiger partial charge in [0, 0.05) is 30.1 Å². The third-order valence-electron chi connectivity index (χ3n) is 5.10. The van der Waals surface area contributed by atoms with Crippen LogP contribution in [0.25, 0.3) is 10.9 Å². The molecule has 23 heavy (non-hydrogen) atoms. The Kier molecular flexibility index (Phi) is 5.34. The van der Waals surface area contributed by atoms with E-state index in [2.05, 4.69) is 23.3 Å². The molecule has 2 heterocycles. The highest BCUT2D eigenvalue weighted by molar-refractivity contribution is 5.88. The Hall–Kier alpha value is -1.81. The quantitative estimate of drug-likeness (QED) is 0.698. The number of nitrogens with one attached hydrogen (secondary N) is 3. The molecule has 0 bridgehead atoms. The number of para-hydroxylation sites is 1. The van der Waals surface area contributed by atoms with E-state index < -0.39 is 0 Å². The highest BCUT2D eigenvalue weighted by Gasteiger charge is 2.20. The summed E-state index contributed by atoms with van der Waals surface area (Å²) in [6.07, 6.45) is 7.56. The summed E-state index contributed by atoms with van der Waals surface area (Å²) in [7, 11) is 0. The number of hydrogen-bond donors (Lipinski definition) is 3. The highest BCUT2D eigenvalue weighted by Crippen LogP contribution is 2.17. The van der Waals surface area contributed by atoms with E-state index in [0.717, 1.165) is 35.5 Å². The molecule has 1 aromatic carbocycles. The number of H-pyrrole nitrogens is 1. The van der Waals surface area contributed by atoms with E-state index in [1.165, 1.54) is 32.4 Å². The summed E-state index contributed by atoms with van der Waals surface area (Å²) in [5, 5.41) is 4.22. The van der Waals surface area contributed by atoms with Gasteiger partial charge in [0.15, 0.2) is 0 Å². The summed E-state index contributed by atoms with van der Waals surface area (Å²) in [5.74, 6) is 0.122. The second kappa shape index (κ2) is 7.64. The Morgan fingerprint density at radius 2 is 2.22 bits per heavy atom. The molecule has 0 saturated carbocycles. The molecule has 1 aliphatic rings. The van der Waals surface area contributed by atoms with E-state index in [1.807, 2.05) is 24.4 Å². The van der Waals surface area contributed by atoms with Gasteiger partial charge in [0.2, 0.25) is 5.91 Å². The van der Waals surface area contributed by atoms with E-state index in [1.54, 1.807) is 4.90 Å². The summed E-state index contributed by atoms with van der Waals surface area (Å²) >= 11 is 0. The molecule has 2 aromatic rings. The van der Waals surface area contributed by atoms with E-state index in [9.17, 15) is 4.79 Å². The fourth-order valence-corrected chi connectivity index (χ4v) is 3.68. The van der Waals surface area contributed by atoms with Crippen molar-refractivity contribution in [1.29, 1.82) is 0 Å². The van der Waals surface area contributed by atoms with Crippen LogP contribution in [0, 0.1) is 0 Å². The van der Waals surface area contributed by atoms with Crippen molar-refractivity contribution in [1.82, 2.24) is 10.3 Å². The lowest BCUT2D eigenvalue weighted by atomic mass is 10.0. The Balaban J connectivity index is 1.41. The molecule has 4 nitrogen and oxygen atoms in total. The van der Waals surface area contributed by atoms with E-state index in [4.69, 9.17) is 0 Å². The molecule has 0 aliphatic carbocycles. The topological polar surface area (TPSA) is 49.3 Å². The van der Waals surface area contributed by atoms with Crippen molar-refractivity contribution in [2.45, 2.75) is 45.1 Å². The minimum atomic E-state index is 0.122. The number of fused-ring (bicyclic) bond motifs is 1. The first-order chi connectivity index (χ1) is 11.2. The van der Waals surface area contributed by atoms with E-state index in [-0.39, 0.29) is 5.91 Å². The van der Waals surface area contributed by atoms with Crippen LogP contribution >= 0.6 is 0 Å². The van der Waals surface area contributed by atoms with Crippen LogP contribution in [0.5, 0.6) is 0 Å². The van der Waals surface area contributed by atoms with Crippen LogP contribution in [-0.2, 0) is 11.2 Å². The zero-order chi connectivity index (χ0) is 16.1. The Morgan fingerprint density at radius 3 is 3.09 bits per heavy atom. The predicted molar refractivity (Wildman–Crippen MR) is 93.6 cm³/mol. The molecule has 1 unspecified atom stereocenters. The molecule has 3 N–H and O–H groups in total. The van der Waals surface area contributed by atoms with Crippen molar-refractivity contribution in [3.63, 3.8) is 0 Å². The molecule has 1 aliphatic heterocycles.